The van der Waals surface area contributed by atoms with Crippen LogP contribution in [0.5, 0.6) is 0 Å². The van der Waals surface area contributed by atoms with E-state index >= 15 is 0 Å². The molecule has 1 aliphatic carbocycles. The number of nitrogens with zero attached hydrogens (tertiary/aromatic N) is 1. The zero-order chi connectivity index (χ0) is 11.8. The van der Waals surface area contributed by atoms with E-state index in [-0.39, 0.29) is 0 Å². The summed E-state index contributed by atoms with van der Waals surface area (Å²) in [6.07, 6.45) is 10.0. The third-order valence-electron chi connectivity index (χ3n) is 2.87. The Morgan fingerprint density at radius 3 is 2.71 bits per heavy atom. The molecule has 0 radical (unpaired) electrons. The van der Waals surface area contributed by atoms with Crippen LogP contribution in [0.25, 0.3) is 0 Å². The first-order chi connectivity index (χ1) is 8.45. The fourth-order valence-corrected chi connectivity index (χ4v) is 1.90. The quantitative estimate of drug-likeness (QED) is 0.565. The van der Waals surface area contributed by atoms with Crippen LogP contribution in [0.1, 0.15) is 37.7 Å². The molecular formula is C15H19NO. The smallest absolute Gasteiger partial charge is 0.142 e. The van der Waals surface area contributed by atoms with Crippen molar-refractivity contribution in [3.63, 3.8) is 0 Å². The summed E-state index contributed by atoms with van der Waals surface area (Å²) in [5.74, 6) is 0. The van der Waals surface area contributed by atoms with Crippen molar-refractivity contribution in [2.24, 2.45) is 5.16 Å². The minimum atomic E-state index is 0.570. The van der Waals surface area contributed by atoms with Gasteiger partial charge in [-0.2, -0.15) is 0 Å². The molecule has 2 nitrogen and oxygen atoms in total. The largest absolute Gasteiger partial charge is 0.391 e. The topological polar surface area (TPSA) is 21.6 Å². The highest BCUT2D eigenvalue weighted by atomic mass is 16.6. The van der Waals surface area contributed by atoms with Gasteiger partial charge in [-0.15, -0.1) is 0 Å². The van der Waals surface area contributed by atoms with Crippen LogP contribution in [0, 0.1) is 0 Å². The van der Waals surface area contributed by atoms with E-state index in [0.29, 0.717) is 6.61 Å². The highest BCUT2D eigenvalue weighted by Gasteiger charge is 2.02. The Labute approximate surface area is 103 Å². The highest BCUT2D eigenvalue weighted by molar-refractivity contribution is 5.84. The second-order valence-electron chi connectivity index (χ2n) is 4.32. The lowest BCUT2D eigenvalue weighted by atomic mass is 10.0. The molecule has 2 rings (SSSR count). The van der Waals surface area contributed by atoms with Crippen LogP contribution >= 0.6 is 0 Å². The molecule has 0 saturated heterocycles. The van der Waals surface area contributed by atoms with Crippen molar-refractivity contribution in [2.75, 3.05) is 0 Å². The monoisotopic (exact) mass is 229 g/mol. The summed E-state index contributed by atoms with van der Waals surface area (Å²) in [6, 6.07) is 10.2. The Morgan fingerprint density at radius 2 is 1.82 bits per heavy atom. The van der Waals surface area contributed by atoms with Crippen molar-refractivity contribution in [1.29, 1.82) is 0 Å². The average molecular weight is 229 g/mol. The molecule has 0 fully saturated rings. The Balaban J connectivity index is 1.81. The van der Waals surface area contributed by atoms with E-state index in [0.717, 1.165) is 25.7 Å². The lowest BCUT2D eigenvalue weighted by Crippen LogP contribution is -2.01. The van der Waals surface area contributed by atoms with E-state index in [9.17, 15) is 0 Å². The zero-order valence-corrected chi connectivity index (χ0v) is 10.1. The average Bonchev–Trinajstić information content (AvgIpc) is 2.33. The number of oxime groups is 1. The van der Waals surface area contributed by atoms with Crippen molar-refractivity contribution in [1.82, 2.24) is 0 Å². The van der Waals surface area contributed by atoms with Crippen LogP contribution < -0.4 is 0 Å². The summed E-state index contributed by atoms with van der Waals surface area (Å²) >= 11 is 0. The van der Waals surface area contributed by atoms with Gasteiger partial charge < -0.3 is 4.84 Å². The Bertz CT molecular complexity index is 381. The maximum absolute atomic E-state index is 5.42. The molecule has 0 amide bonds. The lowest BCUT2D eigenvalue weighted by Gasteiger charge is -2.07. The molecule has 0 saturated carbocycles. The SMILES string of the molecule is C1=CCCC(=NOCc2ccccc2)CCC1. The van der Waals surface area contributed by atoms with Crippen molar-refractivity contribution >= 4 is 5.71 Å². The predicted octanol–water partition coefficient (Wildman–Crippen LogP) is 4.08. The van der Waals surface area contributed by atoms with Gasteiger partial charge in [0.05, 0.1) is 5.71 Å². The first-order valence-corrected chi connectivity index (χ1v) is 6.32. The molecule has 0 bridgehead atoms. The number of allylic oxidation sites excluding steroid dienone is 2. The minimum Gasteiger partial charge on any atom is -0.391 e. The van der Waals surface area contributed by atoms with Gasteiger partial charge in [-0.05, 0) is 37.7 Å². The van der Waals surface area contributed by atoms with Gasteiger partial charge in [0.25, 0.3) is 0 Å². The van der Waals surface area contributed by atoms with E-state index in [2.05, 4.69) is 29.4 Å². The summed E-state index contributed by atoms with van der Waals surface area (Å²) in [4.78, 5) is 5.42. The lowest BCUT2D eigenvalue weighted by molar-refractivity contribution is 0.129. The molecule has 17 heavy (non-hydrogen) atoms. The maximum Gasteiger partial charge on any atom is 0.142 e. The van der Waals surface area contributed by atoms with E-state index in [4.69, 9.17) is 4.84 Å². The summed E-state index contributed by atoms with van der Waals surface area (Å²) < 4.78 is 0. The molecule has 0 atom stereocenters. The molecule has 0 unspecified atom stereocenters. The van der Waals surface area contributed by atoms with Crippen LogP contribution in [-0.4, -0.2) is 5.71 Å². The van der Waals surface area contributed by atoms with Gasteiger partial charge in [0.2, 0.25) is 0 Å². The van der Waals surface area contributed by atoms with Gasteiger partial charge in [-0.25, -0.2) is 0 Å². The van der Waals surface area contributed by atoms with Crippen molar-refractivity contribution in [2.45, 2.75) is 38.7 Å². The van der Waals surface area contributed by atoms with Crippen LogP contribution in [0.3, 0.4) is 0 Å². The summed E-state index contributed by atoms with van der Waals surface area (Å²) in [5.41, 5.74) is 2.37. The number of benzene rings is 1. The molecule has 1 aromatic carbocycles. The Morgan fingerprint density at radius 1 is 1.00 bits per heavy atom. The molecule has 0 N–H and O–H groups in total. The van der Waals surface area contributed by atoms with Gasteiger partial charge in [-0.1, -0.05) is 47.6 Å². The molecule has 0 aromatic heterocycles. The summed E-state index contributed by atoms with van der Waals surface area (Å²) in [7, 11) is 0. The fraction of sp³-hybridized carbons (Fsp3) is 0.400. The van der Waals surface area contributed by atoms with Gasteiger partial charge in [0, 0.05) is 0 Å². The van der Waals surface area contributed by atoms with Crippen molar-refractivity contribution in [3.8, 4) is 0 Å². The second kappa shape index (κ2) is 6.89. The van der Waals surface area contributed by atoms with Crippen LogP contribution in [-0.2, 0) is 11.4 Å². The molecular weight excluding hydrogens is 210 g/mol. The number of hydrogen-bond donors (Lipinski definition) is 0. The van der Waals surface area contributed by atoms with E-state index in [1.807, 2.05) is 18.2 Å². The van der Waals surface area contributed by atoms with Crippen molar-refractivity contribution in [3.05, 3.63) is 48.0 Å². The van der Waals surface area contributed by atoms with E-state index in [1.54, 1.807) is 0 Å². The summed E-state index contributed by atoms with van der Waals surface area (Å²) in [5, 5.41) is 4.26. The van der Waals surface area contributed by atoms with E-state index < -0.39 is 0 Å². The molecule has 0 heterocycles. The van der Waals surface area contributed by atoms with Gasteiger partial charge in [-0.3, -0.25) is 0 Å². The molecule has 0 spiro atoms. The predicted molar refractivity (Wildman–Crippen MR) is 70.9 cm³/mol. The van der Waals surface area contributed by atoms with Crippen molar-refractivity contribution < 1.29 is 4.84 Å². The van der Waals surface area contributed by atoms with Gasteiger partial charge >= 0.3 is 0 Å². The third-order valence-corrected chi connectivity index (χ3v) is 2.87. The van der Waals surface area contributed by atoms with Gasteiger partial charge in [0.1, 0.15) is 6.61 Å². The Kier molecular flexibility index (Phi) is 4.83. The summed E-state index contributed by atoms with van der Waals surface area (Å²) in [6.45, 7) is 0.570. The van der Waals surface area contributed by atoms with Crippen LogP contribution in [0.15, 0.2) is 47.6 Å². The second-order valence-corrected chi connectivity index (χ2v) is 4.32. The highest BCUT2D eigenvalue weighted by Crippen LogP contribution is 2.10. The first kappa shape index (κ1) is 11.9. The number of rotatable bonds is 3. The zero-order valence-electron chi connectivity index (χ0n) is 10.1. The molecule has 1 aliphatic rings. The maximum atomic E-state index is 5.42. The minimum absolute atomic E-state index is 0.570. The molecule has 0 aliphatic heterocycles. The third kappa shape index (κ3) is 4.43. The standard InChI is InChI=1S/C15H19NO/c1-2-7-11-15(12-8-3-1)16-17-13-14-9-5-4-6-10-14/h1-2,4-6,9-10H,3,7-8,11-13H2. The van der Waals surface area contributed by atoms with Gasteiger partial charge in [0.15, 0.2) is 0 Å². The first-order valence-electron chi connectivity index (χ1n) is 6.32. The van der Waals surface area contributed by atoms with Crippen LogP contribution in [0.2, 0.25) is 0 Å². The Hall–Kier alpha value is -1.57. The fourth-order valence-electron chi connectivity index (χ4n) is 1.90. The molecule has 2 heteroatoms. The molecule has 1 aromatic rings. The van der Waals surface area contributed by atoms with Crippen LogP contribution in [0.4, 0.5) is 0 Å². The molecule has 90 valence electrons. The normalized spacial score (nSPS) is 18.7. The van der Waals surface area contributed by atoms with E-state index in [1.165, 1.54) is 17.7 Å². The number of hydrogen-bond acceptors (Lipinski definition) is 2.